The van der Waals surface area contributed by atoms with Crippen molar-refractivity contribution in [2.75, 3.05) is 0 Å². The highest BCUT2D eigenvalue weighted by Gasteiger charge is 2.42. The molecule has 0 bridgehead atoms. The van der Waals surface area contributed by atoms with Gasteiger partial charge in [-0.15, -0.1) is 0 Å². The van der Waals surface area contributed by atoms with Crippen LogP contribution in [0.2, 0.25) is 0 Å². The van der Waals surface area contributed by atoms with E-state index in [9.17, 15) is 9.59 Å². The highest BCUT2D eigenvalue weighted by atomic mass is 16.4. The highest BCUT2D eigenvalue weighted by molar-refractivity contribution is 6.17. The van der Waals surface area contributed by atoms with Crippen LogP contribution in [0.1, 0.15) is 36.8 Å². The number of amidine groups is 1. The topological polar surface area (TPSA) is 91.7 Å². The standard InChI is InChI=1S/C13H15N3O3/c1-7(2)13(3)12(19)15-10(16-13)8-5-4-6-14-9(8)11(17)18/h4-7H,1-3H3,(H,17,18)(H,15,16,19)/t13-/m0/s1. The summed E-state index contributed by atoms with van der Waals surface area (Å²) in [6.45, 7) is 5.53. The number of rotatable bonds is 3. The monoisotopic (exact) mass is 261 g/mol. The molecule has 1 amide bonds. The van der Waals surface area contributed by atoms with Crippen molar-refractivity contribution in [3.8, 4) is 0 Å². The van der Waals surface area contributed by atoms with Crippen LogP contribution in [0.25, 0.3) is 0 Å². The van der Waals surface area contributed by atoms with E-state index in [1.54, 1.807) is 19.1 Å². The van der Waals surface area contributed by atoms with Crippen LogP contribution in [0.4, 0.5) is 0 Å². The number of nitrogens with zero attached hydrogens (tertiary/aromatic N) is 2. The Balaban J connectivity index is 2.51. The second-order valence-electron chi connectivity index (χ2n) is 4.92. The van der Waals surface area contributed by atoms with E-state index in [0.29, 0.717) is 5.56 Å². The van der Waals surface area contributed by atoms with Crippen LogP contribution >= 0.6 is 0 Å². The first-order valence-electron chi connectivity index (χ1n) is 5.96. The first-order valence-corrected chi connectivity index (χ1v) is 5.96. The minimum absolute atomic E-state index is 0.00921. The fourth-order valence-electron chi connectivity index (χ4n) is 1.83. The maximum absolute atomic E-state index is 12.0. The second kappa shape index (κ2) is 4.46. The third-order valence-electron chi connectivity index (χ3n) is 3.43. The first kappa shape index (κ1) is 13.2. The number of hydrogen-bond acceptors (Lipinski definition) is 4. The third kappa shape index (κ3) is 2.09. The second-order valence-corrected chi connectivity index (χ2v) is 4.92. The summed E-state index contributed by atoms with van der Waals surface area (Å²) in [5.41, 5.74) is -0.664. The fourth-order valence-corrected chi connectivity index (χ4v) is 1.83. The number of aromatic nitrogens is 1. The molecule has 0 radical (unpaired) electrons. The molecule has 1 aromatic rings. The summed E-state index contributed by atoms with van der Waals surface area (Å²) >= 11 is 0. The summed E-state index contributed by atoms with van der Waals surface area (Å²) in [5, 5.41) is 11.7. The van der Waals surface area contributed by atoms with Gasteiger partial charge < -0.3 is 10.4 Å². The Hall–Kier alpha value is -2.24. The molecule has 6 heteroatoms. The zero-order valence-corrected chi connectivity index (χ0v) is 11.0. The highest BCUT2D eigenvalue weighted by Crippen LogP contribution is 2.27. The maximum Gasteiger partial charge on any atom is 0.355 e. The molecule has 2 N–H and O–H groups in total. The van der Waals surface area contributed by atoms with Gasteiger partial charge in [-0.1, -0.05) is 13.8 Å². The van der Waals surface area contributed by atoms with Crippen LogP contribution in [0.15, 0.2) is 23.3 Å². The molecule has 1 atom stereocenters. The Bertz CT molecular complexity index is 580. The van der Waals surface area contributed by atoms with Gasteiger partial charge in [-0.3, -0.25) is 9.79 Å². The van der Waals surface area contributed by atoms with Gasteiger partial charge >= 0.3 is 5.97 Å². The van der Waals surface area contributed by atoms with Crippen LogP contribution in [-0.2, 0) is 4.79 Å². The van der Waals surface area contributed by atoms with Crippen LogP contribution in [0.3, 0.4) is 0 Å². The smallest absolute Gasteiger partial charge is 0.355 e. The van der Waals surface area contributed by atoms with Crippen molar-refractivity contribution in [1.29, 1.82) is 0 Å². The minimum Gasteiger partial charge on any atom is -0.476 e. The molecule has 0 aromatic carbocycles. The van der Waals surface area contributed by atoms with E-state index >= 15 is 0 Å². The quantitative estimate of drug-likeness (QED) is 0.851. The summed E-state index contributed by atoms with van der Waals surface area (Å²) in [6, 6.07) is 3.20. The molecule has 1 aliphatic heterocycles. The van der Waals surface area contributed by atoms with E-state index in [1.807, 2.05) is 13.8 Å². The summed E-state index contributed by atoms with van der Waals surface area (Å²) in [6.07, 6.45) is 1.39. The van der Waals surface area contributed by atoms with Crippen molar-refractivity contribution in [3.63, 3.8) is 0 Å². The number of carboxylic acids is 1. The van der Waals surface area contributed by atoms with E-state index < -0.39 is 11.5 Å². The molecule has 0 aliphatic carbocycles. The van der Waals surface area contributed by atoms with Gasteiger partial charge in [0.15, 0.2) is 5.69 Å². The van der Waals surface area contributed by atoms with Gasteiger partial charge in [-0.2, -0.15) is 0 Å². The SMILES string of the molecule is CC(C)[C@]1(C)N=C(c2cccnc2C(=O)O)NC1=O. The molecule has 0 spiro atoms. The molecule has 0 unspecified atom stereocenters. The number of hydrogen-bond donors (Lipinski definition) is 2. The van der Waals surface area contributed by atoms with Gasteiger partial charge in [0, 0.05) is 6.20 Å². The van der Waals surface area contributed by atoms with Gasteiger partial charge in [-0.05, 0) is 25.0 Å². The summed E-state index contributed by atoms with van der Waals surface area (Å²) in [7, 11) is 0. The number of carboxylic acid groups (broad SMARTS) is 1. The molecular formula is C13H15N3O3. The lowest BCUT2D eigenvalue weighted by Crippen LogP contribution is -2.41. The average Bonchev–Trinajstić information content (AvgIpc) is 2.67. The summed E-state index contributed by atoms with van der Waals surface area (Å²) < 4.78 is 0. The van der Waals surface area contributed by atoms with Crippen LogP contribution in [0.5, 0.6) is 0 Å². The molecule has 0 saturated heterocycles. The number of carbonyl (C=O) groups is 2. The number of pyridine rings is 1. The van der Waals surface area contributed by atoms with Crippen LogP contribution in [0, 0.1) is 5.92 Å². The van der Waals surface area contributed by atoms with Crippen molar-refractivity contribution >= 4 is 17.7 Å². The van der Waals surface area contributed by atoms with E-state index in [-0.39, 0.29) is 23.4 Å². The van der Waals surface area contributed by atoms with Crippen LogP contribution < -0.4 is 5.32 Å². The Morgan fingerprint density at radius 2 is 2.16 bits per heavy atom. The van der Waals surface area contributed by atoms with E-state index in [4.69, 9.17) is 5.11 Å². The van der Waals surface area contributed by atoms with Gasteiger partial charge in [0.25, 0.3) is 5.91 Å². The third-order valence-corrected chi connectivity index (χ3v) is 3.43. The Labute approximate surface area is 110 Å². The fraction of sp³-hybridized carbons (Fsp3) is 0.385. The number of amides is 1. The zero-order valence-electron chi connectivity index (χ0n) is 11.0. The minimum atomic E-state index is -1.15. The van der Waals surface area contributed by atoms with Crippen molar-refractivity contribution in [3.05, 3.63) is 29.6 Å². The van der Waals surface area contributed by atoms with Gasteiger partial charge in [0.05, 0.1) is 5.56 Å². The van der Waals surface area contributed by atoms with E-state index in [1.165, 1.54) is 6.20 Å². The number of nitrogens with one attached hydrogen (secondary N) is 1. The molecule has 100 valence electrons. The van der Waals surface area contributed by atoms with E-state index in [2.05, 4.69) is 15.3 Å². The normalized spacial score (nSPS) is 22.3. The predicted molar refractivity (Wildman–Crippen MR) is 69.1 cm³/mol. The molecule has 2 rings (SSSR count). The lowest BCUT2D eigenvalue weighted by Gasteiger charge is -2.21. The Morgan fingerprint density at radius 1 is 1.47 bits per heavy atom. The molecule has 0 fully saturated rings. The molecule has 6 nitrogen and oxygen atoms in total. The van der Waals surface area contributed by atoms with Gasteiger partial charge in [-0.25, -0.2) is 9.78 Å². The van der Waals surface area contributed by atoms with Gasteiger partial charge in [0.2, 0.25) is 0 Å². The summed E-state index contributed by atoms with van der Waals surface area (Å²) in [4.78, 5) is 31.3. The lowest BCUT2D eigenvalue weighted by molar-refractivity contribution is -0.124. The van der Waals surface area contributed by atoms with Crippen molar-refractivity contribution in [2.45, 2.75) is 26.3 Å². The maximum atomic E-state index is 12.0. The van der Waals surface area contributed by atoms with Crippen molar-refractivity contribution < 1.29 is 14.7 Å². The lowest BCUT2D eigenvalue weighted by atomic mass is 9.89. The number of aromatic carboxylic acids is 1. The number of carbonyl (C=O) groups excluding carboxylic acids is 1. The number of aliphatic imine (C=N–C) groups is 1. The van der Waals surface area contributed by atoms with E-state index in [0.717, 1.165) is 0 Å². The predicted octanol–water partition coefficient (Wildman–Crippen LogP) is 1.07. The molecule has 19 heavy (non-hydrogen) atoms. The Kier molecular flexibility index (Phi) is 3.09. The molecule has 0 saturated carbocycles. The molecule has 1 aromatic heterocycles. The molecule has 1 aliphatic rings. The summed E-state index contributed by atoms with van der Waals surface area (Å²) in [5.74, 6) is -1.09. The zero-order chi connectivity index (χ0) is 14.2. The first-order chi connectivity index (χ1) is 8.86. The van der Waals surface area contributed by atoms with Crippen molar-refractivity contribution in [2.24, 2.45) is 10.9 Å². The Morgan fingerprint density at radius 3 is 2.68 bits per heavy atom. The molecule has 2 heterocycles. The van der Waals surface area contributed by atoms with Crippen molar-refractivity contribution in [1.82, 2.24) is 10.3 Å². The van der Waals surface area contributed by atoms with Gasteiger partial charge in [0.1, 0.15) is 11.4 Å². The van der Waals surface area contributed by atoms with Crippen LogP contribution in [-0.4, -0.2) is 33.3 Å². The molecular weight excluding hydrogens is 246 g/mol. The largest absolute Gasteiger partial charge is 0.476 e. The average molecular weight is 261 g/mol.